The predicted octanol–water partition coefficient (Wildman–Crippen LogP) is 4.91. The molecule has 0 fully saturated rings. The second-order valence-corrected chi connectivity index (χ2v) is 7.07. The van der Waals surface area contributed by atoms with Gasteiger partial charge in [-0.25, -0.2) is 15.0 Å². The minimum Gasteiger partial charge on any atom is -0.353 e. The van der Waals surface area contributed by atoms with E-state index in [1.54, 1.807) is 18.6 Å². The van der Waals surface area contributed by atoms with E-state index in [9.17, 15) is 0 Å². The van der Waals surface area contributed by atoms with Crippen LogP contribution < -0.4 is 0 Å². The summed E-state index contributed by atoms with van der Waals surface area (Å²) < 4.78 is 0. The number of aromatic nitrogens is 6. The van der Waals surface area contributed by atoms with Gasteiger partial charge >= 0.3 is 0 Å². The van der Waals surface area contributed by atoms with Gasteiger partial charge in [-0.05, 0) is 35.8 Å². The summed E-state index contributed by atoms with van der Waals surface area (Å²) >= 11 is 0. The van der Waals surface area contributed by atoms with Crippen LogP contribution in [0, 0.1) is 0 Å². The molecule has 6 heteroatoms. The Hall–Kier alpha value is -4.06. The summed E-state index contributed by atoms with van der Waals surface area (Å²) in [4.78, 5) is 16.3. The summed E-state index contributed by atoms with van der Waals surface area (Å²) in [6.07, 6.45) is 14.5. The Bertz CT molecular complexity index is 1420. The largest absolute Gasteiger partial charge is 0.353 e. The van der Waals surface area contributed by atoms with E-state index in [0.717, 1.165) is 39.8 Å². The van der Waals surface area contributed by atoms with Gasteiger partial charge in [0, 0.05) is 46.0 Å². The number of nitrogens with zero attached hydrogens (tertiary/aromatic N) is 4. The van der Waals surface area contributed by atoms with Crippen LogP contribution in [0.15, 0.2) is 73.5 Å². The van der Waals surface area contributed by atoms with Crippen molar-refractivity contribution in [3.05, 3.63) is 79.0 Å². The first-order chi connectivity index (χ1) is 14.4. The van der Waals surface area contributed by atoms with Crippen LogP contribution >= 0.6 is 0 Å². The lowest BCUT2D eigenvalue weighted by atomic mass is 10.0. The Balaban J connectivity index is 1.52. The van der Waals surface area contributed by atoms with Crippen LogP contribution in [0.5, 0.6) is 0 Å². The van der Waals surface area contributed by atoms with Gasteiger partial charge < -0.3 is 4.98 Å². The molecule has 0 radical (unpaired) electrons. The Morgan fingerprint density at radius 3 is 2.72 bits per heavy atom. The number of allylic oxidation sites excluding steroid dienone is 4. The topological polar surface area (TPSA) is 83.1 Å². The first-order valence-electron chi connectivity index (χ1n) is 9.45. The molecule has 1 aliphatic carbocycles. The number of aromatic amines is 2. The van der Waals surface area contributed by atoms with E-state index in [2.05, 4.69) is 78.7 Å². The fraction of sp³-hybridized carbons (Fsp3) is 0.0435. The van der Waals surface area contributed by atoms with Gasteiger partial charge in [0.1, 0.15) is 6.33 Å². The van der Waals surface area contributed by atoms with E-state index < -0.39 is 0 Å². The van der Waals surface area contributed by atoms with Gasteiger partial charge in [-0.3, -0.25) is 5.10 Å². The number of hydrogen-bond acceptors (Lipinski definition) is 4. The second-order valence-electron chi connectivity index (χ2n) is 7.07. The van der Waals surface area contributed by atoms with Crippen molar-refractivity contribution in [3.8, 4) is 22.5 Å². The highest BCUT2D eigenvalue weighted by Gasteiger charge is 2.15. The third-order valence-electron chi connectivity index (χ3n) is 5.32. The maximum atomic E-state index is 4.51. The summed E-state index contributed by atoms with van der Waals surface area (Å²) in [5.41, 5.74) is 8.08. The summed E-state index contributed by atoms with van der Waals surface area (Å²) in [5.74, 6) is 0. The van der Waals surface area contributed by atoms with Crippen LogP contribution in [0.25, 0.3) is 50.0 Å². The average Bonchev–Trinajstić information content (AvgIpc) is 3.52. The van der Waals surface area contributed by atoms with Crippen LogP contribution in [0.4, 0.5) is 0 Å². The molecule has 0 aliphatic heterocycles. The zero-order valence-electron chi connectivity index (χ0n) is 15.4. The van der Waals surface area contributed by atoms with E-state index in [0.29, 0.717) is 5.65 Å². The number of rotatable bonds is 3. The monoisotopic (exact) mass is 376 g/mol. The third-order valence-corrected chi connectivity index (χ3v) is 5.32. The van der Waals surface area contributed by atoms with E-state index in [4.69, 9.17) is 0 Å². The summed E-state index contributed by atoms with van der Waals surface area (Å²) in [6, 6.07) is 10.6. The molecule has 0 bridgehead atoms. The van der Waals surface area contributed by atoms with Crippen LogP contribution in [0.3, 0.4) is 0 Å². The normalized spacial score (nSPS) is 13.4. The molecular formula is C23H16N6. The number of hydrogen-bond donors (Lipinski definition) is 2. The van der Waals surface area contributed by atoms with E-state index in [-0.39, 0.29) is 0 Å². The van der Waals surface area contributed by atoms with Crippen LogP contribution in [-0.2, 0) is 0 Å². The van der Waals surface area contributed by atoms with Crippen molar-refractivity contribution in [1.29, 1.82) is 0 Å². The molecular weight excluding hydrogens is 360 g/mol. The molecule has 0 unspecified atom stereocenters. The van der Waals surface area contributed by atoms with Crippen LogP contribution in [-0.4, -0.2) is 30.1 Å². The van der Waals surface area contributed by atoms with Gasteiger partial charge in [-0.1, -0.05) is 30.4 Å². The van der Waals surface area contributed by atoms with Crippen molar-refractivity contribution in [2.45, 2.75) is 6.42 Å². The molecule has 0 saturated carbocycles. The molecule has 6 nitrogen and oxygen atoms in total. The summed E-state index contributed by atoms with van der Waals surface area (Å²) in [6.45, 7) is 0. The quantitative estimate of drug-likeness (QED) is 0.469. The van der Waals surface area contributed by atoms with E-state index in [1.807, 2.05) is 0 Å². The molecule has 2 N–H and O–H groups in total. The predicted molar refractivity (Wildman–Crippen MR) is 114 cm³/mol. The molecule has 0 atom stereocenters. The maximum Gasteiger partial charge on any atom is 0.181 e. The third kappa shape index (κ3) is 2.57. The standard InChI is InChI=1S/C23H16N6/c1-2-5-14(4-1)17-6-3-7-20-18(17)9-21(27-20)22-19-8-15(12-26-23(19)29-28-22)16-10-24-13-25-11-16/h1,3-13,27H,2H2,(H,26,28,29). The Kier molecular flexibility index (Phi) is 3.43. The highest BCUT2D eigenvalue weighted by molar-refractivity contribution is 6.00. The molecule has 0 spiro atoms. The average molecular weight is 376 g/mol. The fourth-order valence-corrected chi connectivity index (χ4v) is 3.91. The van der Waals surface area contributed by atoms with Gasteiger partial charge in [-0.2, -0.15) is 5.10 Å². The van der Waals surface area contributed by atoms with Crippen molar-refractivity contribution in [1.82, 2.24) is 30.1 Å². The second kappa shape index (κ2) is 6.24. The summed E-state index contributed by atoms with van der Waals surface area (Å²) in [5, 5.41) is 9.70. The molecule has 6 rings (SSSR count). The molecule has 0 saturated heterocycles. The Labute approximate surface area is 166 Å². The number of nitrogens with one attached hydrogen (secondary N) is 2. The van der Waals surface area contributed by atoms with E-state index in [1.165, 1.54) is 22.9 Å². The molecule has 0 amide bonds. The van der Waals surface area contributed by atoms with E-state index >= 15 is 0 Å². The molecule has 29 heavy (non-hydrogen) atoms. The molecule has 4 aromatic heterocycles. The van der Waals surface area contributed by atoms with Crippen molar-refractivity contribution in [2.24, 2.45) is 0 Å². The van der Waals surface area contributed by atoms with Crippen LogP contribution in [0.1, 0.15) is 12.0 Å². The first-order valence-corrected chi connectivity index (χ1v) is 9.45. The van der Waals surface area contributed by atoms with Gasteiger partial charge in [0.05, 0.1) is 11.4 Å². The van der Waals surface area contributed by atoms with Gasteiger partial charge in [0.15, 0.2) is 5.65 Å². The fourth-order valence-electron chi connectivity index (χ4n) is 3.91. The summed E-state index contributed by atoms with van der Waals surface area (Å²) in [7, 11) is 0. The van der Waals surface area contributed by atoms with Gasteiger partial charge in [0.25, 0.3) is 0 Å². The number of fused-ring (bicyclic) bond motifs is 2. The van der Waals surface area contributed by atoms with Crippen molar-refractivity contribution in [3.63, 3.8) is 0 Å². The highest BCUT2D eigenvalue weighted by atomic mass is 15.2. The lowest BCUT2D eigenvalue weighted by molar-refractivity contribution is 1.10. The lowest BCUT2D eigenvalue weighted by Crippen LogP contribution is -1.85. The van der Waals surface area contributed by atoms with Crippen LogP contribution in [0.2, 0.25) is 0 Å². The van der Waals surface area contributed by atoms with Crippen molar-refractivity contribution >= 4 is 27.5 Å². The minimum atomic E-state index is 0.681. The number of H-pyrrole nitrogens is 2. The first kappa shape index (κ1) is 15.9. The molecule has 5 aromatic rings. The molecule has 4 heterocycles. The van der Waals surface area contributed by atoms with Gasteiger partial charge in [-0.15, -0.1) is 0 Å². The molecule has 1 aliphatic rings. The maximum absolute atomic E-state index is 4.51. The zero-order valence-corrected chi connectivity index (χ0v) is 15.4. The van der Waals surface area contributed by atoms with Crippen molar-refractivity contribution < 1.29 is 0 Å². The zero-order chi connectivity index (χ0) is 19.2. The number of benzene rings is 1. The smallest absolute Gasteiger partial charge is 0.181 e. The molecule has 138 valence electrons. The minimum absolute atomic E-state index is 0.681. The SMILES string of the molecule is C1=CC(c2cccc3[nH]c(-c4[nH]nc5ncc(-c6cncnc6)cc45)cc23)=CC1. The number of pyridine rings is 1. The lowest BCUT2D eigenvalue weighted by Gasteiger charge is -2.01. The highest BCUT2D eigenvalue weighted by Crippen LogP contribution is 2.34. The van der Waals surface area contributed by atoms with Crippen molar-refractivity contribution in [2.75, 3.05) is 0 Å². The Morgan fingerprint density at radius 1 is 0.931 bits per heavy atom. The molecule has 1 aromatic carbocycles. The van der Waals surface area contributed by atoms with Gasteiger partial charge in [0.2, 0.25) is 0 Å². The Morgan fingerprint density at radius 2 is 1.86 bits per heavy atom.